The number of thiophene rings is 1. The zero-order valence-electron chi connectivity index (χ0n) is 24.6. The Labute approximate surface area is 260 Å². The maximum absolute atomic E-state index is 12.8. The lowest BCUT2D eigenvalue weighted by atomic mass is 10.0. The molecule has 4 heterocycles. The predicted octanol–water partition coefficient (Wildman–Crippen LogP) is 6.72. The SMILES string of the molecule is O=C(OCN1C(=O)CCc2ccc(OCCCCN3CCN(c4cccc5sccc45)CC3)cc21)c1ccc2occc2c1. The van der Waals surface area contributed by atoms with Crippen LogP contribution < -0.4 is 14.5 Å². The van der Waals surface area contributed by atoms with Gasteiger partial charge in [-0.05, 0) is 85.3 Å². The highest BCUT2D eigenvalue weighted by Crippen LogP contribution is 2.33. The van der Waals surface area contributed by atoms with Crippen LogP contribution in [0.1, 0.15) is 35.2 Å². The number of hydrogen-bond donors (Lipinski definition) is 0. The van der Waals surface area contributed by atoms with E-state index in [4.69, 9.17) is 13.9 Å². The number of ether oxygens (including phenoxy) is 2. The molecule has 8 nitrogen and oxygen atoms in total. The maximum Gasteiger partial charge on any atom is 0.339 e. The van der Waals surface area contributed by atoms with Gasteiger partial charge in [0.2, 0.25) is 5.91 Å². The van der Waals surface area contributed by atoms with Crippen LogP contribution in [0.2, 0.25) is 0 Å². The average Bonchev–Trinajstić information content (AvgIpc) is 3.74. The highest BCUT2D eigenvalue weighted by molar-refractivity contribution is 7.17. The van der Waals surface area contributed by atoms with E-state index in [0.29, 0.717) is 30.6 Å². The summed E-state index contributed by atoms with van der Waals surface area (Å²) in [6.45, 7) is 5.75. The van der Waals surface area contributed by atoms with Gasteiger partial charge in [0.05, 0.1) is 24.1 Å². The van der Waals surface area contributed by atoms with Crippen molar-refractivity contribution in [3.63, 3.8) is 0 Å². The number of carbonyl (C=O) groups excluding carboxylic acids is 2. The molecule has 9 heteroatoms. The molecular formula is C35H35N3O5S. The number of hydrogen-bond acceptors (Lipinski definition) is 8. The molecule has 2 aliphatic heterocycles. The first-order valence-electron chi connectivity index (χ1n) is 15.3. The Hall–Kier alpha value is -4.34. The summed E-state index contributed by atoms with van der Waals surface area (Å²) in [5, 5.41) is 4.36. The first kappa shape index (κ1) is 28.4. The number of anilines is 2. The van der Waals surface area contributed by atoms with Crippen LogP contribution >= 0.6 is 11.3 Å². The normalized spacial score (nSPS) is 15.6. The molecule has 0 radical (unpaired) electrons. The summed E-state index contributed by atoms with van der Waals surface area (Å²) in [6, 6.07) is 21.6. The molecule has 2 aromatic heterocycles. The predicted molar refractivity (Wildman–Crippen MR) is 174 cm³/mol. The van der Waals surface area contributed by atoms with Crippen molar-refractivity contribution in [1.29, 1.82) is 0 Å². The number of aryl methyl sites for hydroxylation is 1. The van der Waals surface area contributed by atoms with Crippen molar-refractivity contribution >= 4 is 55.6 Å². The average molecular weight is 610 g/mol. The van der Waals surface area contributed by atoms with Crippen LogP contribution in [0.3, 0.4) is 0 Å². The van der Waals surface area contributed by atoms with Crippen LogP contribution in [0.25, 0.3) is 21.1 Å². The maximum atomic E-state index is 12.8. The summed E-state index contributed by atoms with van der Waals surface area (Å²) >= 11 is 1.80. The molecular weight excluding hydrogens is 574 g/mol. The van der Waals surface area contributed by atoms with E-state index in [0.717, 1.165) is 68.0 Å². The third-order valence-electron chi connectivity index (χ3n) is 8.59. The van der Waals surface area contributed by atoms with E-state index in [2.05, 4.69) is 39.4 Å². The van der Waals surface area contributed by atoms with Gasteiger partial charge in [-0.1, -0.05) is 12.1 Å². The monoisotopic (exact) mass is 609 g/mol. The lowest BCUT2D eigenvalue weighted by molar-refractivity contribution is -0.119. The number of carbonyl (C=O) groups is 2. The Balaban J connectivity index is 0.879. The summed E-state index contributed by atoms with van der Waals surface area (Å²) in [6.07, 6.45) is 4.64. The second-order valence-corrected chi connectivity index (χ2v) is 12.3. The largest absolute Gasteiger partial charge is 0.494 e. The van der Waals surface area contributed by atoms with Crippen LogP contribution in [0.15, 0.2) is 82.8 Å². The molecule has 1 fully saturated rings. The molecule has 1 amide bonds. The highest BCUT2D eigenvalue weighted by Gasteiger charge is 2.26. The quantitative estimate of drug-likeness (QED) is 0.129. The van der Waals surface area contributed by atoms with E-state index in [1.54, 1.807) is 46.8 Å². The van der Waals surface area contributed by atoms with Gasteiger partial charge in [-0.25, -0.2) is 4.79 Å². The Bertz CT molecular complexity index is 1790. The van der Waals surface area contributed by atoms with Gasteiger partial charge in [-0.2, -0.15) is 0 Å². The fraction of sp³-hybridized carbons (Fsp3) is 0.314. The van der Waals surface area contributed by atoms with Crippen molar-refractivity contribution < 1.29 is 23.5 Å². The molecule has 1 saturated heterocycles. The van der Waals surface area contributed by atoms with Gasteiger partial charge < -0.3 is 18.8 Å². The van der Waals surface area contributed by atoms with Gasteiger partial charge in [0.1, 0.15) is 11.3 Å². The molecule has 2 aliphatic rings. The molecule has 0 unspecified atom stereocenters. The fourth-order valence-electron chi connectivity index (χ4n) is 6.14. The molecule has 0 aliphatic carbocycles. The van der Waals surface area contributed by atoms with E-state index in [1.807, 2.05) is 18.2 Å². The van der Waals surface area contributed by atoms with E-state index in [1.165, 1.54) is 15.8 Å². The Morgan fingerprint density at radius 1 is 0.909 bits per heavy atom. The van der Waals surface area contributed by atoms with E-state index < -0.39 is 5.97 Å². The van der Waals surface area contributed by atoms with Crippen molar-refractivity contribution in [1.82, 2.24) is 4.90 Å². The third-order valence-corrected chi connectivity index (χ3v) is 9.47. The second kappa shape index (κ2) is 12.7. The minimum Gasteiger partial charge on any atom is -0.494 e. The van der Waals surface area contributed by atoms with Gasteiger partial charge in [0.25, 0.3) is 0 Å². The summed E-state index contributed by atoms with van der Waals surface area (Å²) in [5.41, 5.74) is 4.26. The van der Waals surface area contributed by atoms with E-state index in [-0.39, 0.29) is 12.6 Å². The minimum absolute atomic E-state index is 0.0696. The molecule has 0 bridgehead atoms. The van der Waals surface area contributed by atoms with Gasteiger partial charge in [0.15, 0.2) is 6.73 Å². The van der Waals surface area contributed by atoms with Crippen LogP contribution in [0, 0.1) is 0 Å². The number of esters is 1. The van der Waals surface area contributed by atoms with Crippen LogP contribution in [0.5, 0.6) is 5.75 Å². The molecule has 0 spiro atoms. The summed E-state index contributed by atoms with van der Waals surface area (Å²) in [4.78, 5) is 32.2. The second-order valence-electron chi connectivity index (χ2n) is 11.3. The van der Waals surface area contributed by atoms with Crippen molar-refractivity contribution in [3.8, 4) is 5.75 Å². The number of fused-ring (bicyclic) bond motifs is 3. The molecule has 0 N–H and O–H groups in total. The van der Waals surface area contributed by atoms with Crippen LogP contribution in [-0.2, 0) is 16.0 Å². The van der Waals surface area contributed by atoms with Gasteiger partial charge in [-0.3, -0.25) is 14.6 Å². The first-order valence-corrected chi connectivity index (χ1v) is 16.1. The summed E-state index contributed by atoms with van der Waals surface area (Å²) in [7, 11) is 0. The fourth-order valence-corrected chi connectivity index (χ4v) is 6.95. The topological polar surface area (TPSA) is 75.5 Å². The Kier molecular flexibility index (Phi) is 8.22. The minimum atomic E-state index is -0.485. The molecule has 0 saturated carbocycles. The number of rotatable bonds is 10. The zero-order chi connectivity index (χ0) is 29.9. The lowest BCUT2D eigenvalue weighted by Gasteiger charge is -2.36. The Morgan fingerprint density at radius 3 is 2.73 bits per heavy atom. The number of unbranched alkanes of at least 4 members (excludes halogenated alkanes) is 1. The van der Waals surface area contributed by atoms with Gasteiger partial charge in [0, 0.05) is 59.8 Å². The van der Waals surface area contributed by atoms with Crippen LogP contribution in [-0.4, -0.2) is 62.8 Å². The third kappa shape index (κ3) is 6.02. The molecule has 3 aromatic carbocycles. The Morgan fingerprint density at radius 2 is 1.82 bits per heavy atom. The molecule has 5 aromatic rings. The first-order chi connectivity index (χ1) is 21.6. The van der Waals surface area contributed by atoms with Crippen molar-refractivity contribution in [2.45, 2.75) is 25.7 Å². The zero-order valence-corrected chi connectivity index (χ0v) is 25.4. The smallest absolute Gasteiger partial charge is 0.339 e. The number of piperazine rings is 1. The molecule has 7 rings (SSSR count). The number of furan rings is 1. The summed E-state index contributed by atoms with van der Waals surface area (Å²) < 4.78 is 18.4. The van der Waals surface area contributed by atoms with E-state index >= 15 is 0 Å². The van der Waals surface area contributed by atoms with Crippen LogP contribution in [0.4, 0.5) is 11.4 Å². The van der Waals surface area contributed by atoms with Crippen molar-refractivity contribution in [3.05, 3.63) is 89.5 Å². The lowest BCUT2D eigenvalue weighted by Crippen LogP contribution is -2.46. The number of nitrogens with zero attached hydrogens (tertiary/aromatic N) is 3. The van der Waals surface area contributed by atoms with Gasteiger partial charge >= 0.3 is 5.97 Å². The summed E-state index contributed by atoms with van der Waals surface area (Å²) in [5.74, 6) is 0.165. The molecule has 44 heavy (non-hydrogen) atoms. The number of amides is 1. The highest BCUT2D eigenvalue weighted by atomic mass is 32.1. The van der Waals surface area contributed by atoms with Crippen molar-refractivity contribution in [2.24, 2.45) is 0 Å². The molecule has 226 valence electrons. The van der Waals surface area contributed by atoms with Gasteiger partial charge in [-0.15, -0.1) is 11.3 Å². The van der Waals surface area contributed by atoms with Crippen molar-refractivity contribution in [2.75, 3.05) is 55.9 Å². The molecule has 0 atom stereocenters. The number of benzene rings is 3. The standard InChI is InChI=1S/C35H35N3O5S/c39-34-11-8-25-6-9-28(23-31(25)38(34)24-43-35(40)27-7-10-32-26(22-27)12-20-42-32)41-19-2-1-14-36-15-17-37(18-16-36)30-4-3-5-33-29(30)13-21-44-33/h3-7,9-10,12-13,20-23H,1-2,8,11,14-19,24H2. The van der Waals surface area contributed by atoms with E-state index in [9.17, 15) is 9.59 Å².